The van der Waals surface area contributed by atoms with E-state index in [0.29, 0.717) is 22.4 Å². The highest BCUT2D eigenvalue weighted by atomic mass is 35.5. The van der Waals surface area contributed by atoms with Crippen molar-refractivity contribution in [3.8, 4) is 0 Å². The number of aryl methyl sites for hydroxylation is 2. The lowest BCUT2D eigenvalue weighted by Gasteiger charge is -2.11. The van der Waals surface area contributed by atoms with Crippen LogP contribution in [0.5, 0.6) is 0 Å². The maximum absolute atomic E-state index is 12.3. The Labute approximate surface area is 160 Å². The van der Waals surface area contributed by atoms with Crippen LogP contribution in [0.3, 0.4) is 0 Å². The largest absolute Gasteiger partial charge is 0.324 e. The first kappa shape index (κ1) is 18.4. The normalized spacial score (nSPS) is 10.7. The van der Waals surface area contributed by atoms with Gasteiger partial charge in [0.05, 0.1) is 23.0 Å². The molecule has 0 unspecified atom stereocenters. The highest BCUT2D eigenvalue weighted by molar-refractivity contribution is 7.99. The van der Waals surface area contributed by atoms with Crippen molar-refractivity contribution in [3.05, 3.63) is 64.2 Å². The van der Waals surface area contributed by atoms with Crippen LogP contribution in [0.4, 0.5) is 5.69 Å². The zero-order valence-electron chi connectivity index (χ0n) is 14.4. The van der Waals surface area contributed by atoms with Crippen molar-refractivity contribution in [3.63, 3.8) is 0 Å². The highest BCUT2D eigenvalue weighted by Gasteiger charge is 2.13. The van der Waals surface area contributed by atoms with E-state index in [4.69, 9.17) is 11.6 Å². The maximum Gasteiger partial charge on any atom is 0.234 e. The van der Waals surface area contributed by atoms with Gasteiger partial charge in [-0.05, 0) is 47.0 Å². The molecule has 0 aliphatic heterocycles. The van der Waals surface area contributed by atoms with Gasteiger partial charge in [0.25, 0.3) is 0 Å². The van der Waals surface area contributed by atoms with Gasteiger partial charge in [-0.15, -0.1) is 5.10 Å². The number of rotatable bonds is 6. The summed E-state index contributed by atoms with van der Waals surface area (Å²) in [6.45, 7) is 4.44. The molecule has 1 aromatic heterocycles. The van der Waals surface area contributed by atoms with Gasteiger partial charge in [0.15, 0.2) is 0 Å². The monoisotopic (exact) mass is 387 g/mol. The number of nitrogens with zero attached hydrogens (tertiary/aromatic N) is 4. The SMILES string of the molecule is Cc1cc(C)c(NC(=O)CSc2nnnn2Cc2ccccc2)c(Cl)c1. The minimum absolute atomic E-state index is 0.155. The molecule has 0 atom stereocenters. The van der Waals surface area contributed by atoms with E-state index in [-0.39, 0.29) is 11.7 Å². The average molecular weight is 388 g/mol. The Hall–Kier alpha value is -2.38. The first-order valence-corrected chi connectivity index (χ1v) is 9.39. The van der Waals surface area contributed by atoms with E-state index in [1.54, 1.807) is 4.68 Å². The summed E-state index contributed by atoms with van der Waals surface area (Å²) >= 11 is 7.52. The number of anilines is 1. The number of thioether (sulfide) groups is 1. The smallest absolute Gasteiger partial charge is 0.234 e. The first-order valence-electron chi connectivity index (χ1n) is 8.02. The van der Waals surface area contributed by atoms with Crippen LogP contribution in [0.15, 0.2) is 47.6 Å². The molecule has 0 aliphatic rings. The topological polar surface area (TPSA) is 72.7 Å². The molecule has 1 amide bonds. The molecule has 0 saturated carbocycles. The third-order valence-electron chi connectivity index (χ3n) is 3.70. The summed E-state index contributed by atoms with van der Waals surface area (Å²) in [5.74, 6) is 0.0387. The lowest BCUT2D eigenvalue weighted by Crippen LogP contribution is -2.16. The van der Waals surface area contributed by atoms with Crippen molar-refractivity contribution in [2.75, 3.05) is 11.1 Å². The number of nitrogens with one attached hydrogen (secondary N) is 1. The minimum Gasteiger partial charge on any atom is -0.324 e. The lowest BCUT2D eigenvalue weighted by atomic mass is 10.1. The molecule has 3 aromatic rings. The number of halogens is 1. The van der Waals surface area contributed by atoms with Gasteiger partial charge < -0.3 is 5.32 Å². The van der Waals surface area contributed by atoms with Gasteiger partial charge in [0.1, 0.15) is 0 Å². The van der Waals surface area contributed by atoms with E-state index in [9.17, 15) is 4.79 Å². The summed E-state index contributed by atoms with van der Waals surface area (Å²) in [6.07, 6.45) is 0. The Morgan fingerprint density at radius 2 is 2.00 bits per heavy atom. The van der Waals surface area contributed by atoms with Crippen molar-refractivity contribution < 1.29 is 4.79 Å². The maximum atomic E-state index is 12.3. The Balaban J connectivity index is 1.62. The van der Waals surface area contributed by atoms with E-state index in [1.165, 1.54) is 11.8 Å². The number of carbonyl (C=O) groups excluding carboxylic acids is 1. The van der Waals surface area contributed by atoms with Crippen molar-refractivity contribution in [2.24, 2.45) is 0 Å². The number of benzene rings is 2. The van der Waals surface area contributed by atoms with Crippen LogP contribution in [0.1, 0.15) is 16.7 Å². The Kier molecular flexibility index (Phi) is 5.90. The van der Waals surface area contributed by atoms with Crippen LogP contribution in [0.2, 0.25) is 5.02 Å². The van der Waals surface area contributed by atoms with Gasteiger partial charge in [-0.1, -0.05) is 59.8 Å². The molecule has 1 N–H and O–H groups in total. The Bertz CT molecular complexity index is 890. The van der Waals surface area contributed by atoms with E-state index in [1.807, 2.05) is 56.3 Å². The van der Waals surface area contributed by atoms with E-state index in [0.717, 1.165) is 16.7 Å². The highest BCUT2D eigenvalue weighted by Crippen LogP contribution is 2.27. The quantitative estimate of drug-likeness (QED) is 0.652. The van der Waals surface area contributed by atoms with Crippen LogP contribution in [0, 0.1) is 13.8 Å². The van der Waals surface area contributed by atoms with Gasteiger partial charge in [0, 0.05) is 0 Å². The lowest BCUT2D eigenvalue weighted by molar-refractivity contribution is -0.113. The summed E-state index contributed by atoms with van der Waals surface area (Å²) in [7, 11) is 0. The molecule has 0 radical (unpaired) electrons. The molecule has 134 valence electrons. The fourth-order valence-electron chi connectivity index (χ4n) is 2.54. The van der Waals surface area contributed by atoms with Gasteiger partial charge >= 0.3 is 0 Å². The van der Waals surface area contributed by atoms with Crippen molar-refractivity contribution >= 4 is 35.0 Å². The van der Waals surface area contributed by atoms with Gasteiger partial charge in [-0.2, -0.15) is 0 Å². The zero-order chi connectivity index (χ0) is 18.5. The minimum atomic E-state index is -0.155. The van der Waals surface area contributed by atoms with E-state index >= 15 is 0 Å². The molecule has 0 aliphatic carbocycles. The number of aromatic nitrogens is 4. The number of hydrogen-bond donors (Lipinski definition) is 1. The van der Waals surface area contributed by atoms with Crippen LogP contribution >= 0.6 is 23.4 Å². The summed E-state index contributed by atoms with van der Waals surface area (Å²) in [4.78, 5) is 12.3. The zero-order valence-corrected chi connectivity index (χ0v) is 16.0. The molecule has 6 nitrogen and oxygen atoms in total. The standard InChI is InChI=1S/C18H18ClN5OS/c1-12-8-13(2)17(15(19)9-12)20-16(25)11-26-18-21-22-23-24(18)10-14-6-4-3-5-7-14/h3-9H,10-11H2,1-2H3,(H,20,25). The molecule has 26 heavy (non-hydrogen) atoms. The fourth-order valence-corrected chi connectivity index (χ4v) is 3.58. The third-order valence-corrected chi connectivity index (χ3v) is 4.96. The van der Waals surface area contributed by atoms with E-state index < -0.39 is 0 Å². The summed E-state index contributed by atoms with van der Waals surface area (Å²) in [5.41, 5.74) is 3.72. The molecule has 8 heteroatoms. The van der Waals surface area contributed by atoms with Crippen LogP contribution < -0.4 is 5.32 Å². The molecular weight excluding hydrogens is 370 g/mol. The molecule has 0 bridgehead atoms. The Morgan fingerprint density at radius 3 is 2.73 bits per heavy atom. The molecule has 3 rings (SSSR count). The average Bonchev–Trinajstić information content (AvgIpc) is 3.04. The molecule has 1 heterocycles. The van der Waals surface area contributed by atoms with Crippen LogP contribution in [-0.4, -0.2) is 31.9 Å². The molecule has 2 aromatic carbocycles. The fraction of sp³-hybridized carbons (Fsp3) is 0.222. The number of hydrogen-bond acceptors (Lipinski definition) is 5. The van der Waals surface area contributed by atoms with Crippen molar-refractivity contribution in [2.45, 2.75) is 25.5 Å². The van der Waals surface area contributed by atoms with Crippen LogP contribution in [-0.2, 0) is 11.3 Å². The predicted octanol–water partition coefficient (Wildman–Crippen LogP) is 3.72. The van der Waals surface area contributed by atoms with Crippen molar-refractivity contribution in [1.82, 2.24) is 20.2 Å². The predicted molar refractivity (Wildman–Crippen MR) is 104 cm³/mol. The van der Waals surface area contributed by atoms with E-state index in [2.05, 4.69) is 20.8 Å². The second kappa shape index (κ2) is 8.33. The van der Waals surface area contributed by atoms with Gasteiger partial charge in [0.2, 0.25) is 11.1 Å². The second-order valence-corrected chi connectivity index (χ2v) is 7.23. The van der Waals surface area contributed by atoms with Gasteiger partial charge in [-0.3, -0.25) is 4.79 Å². The summed E-state index contributed by atoms with van der Waals surface area (Å²) < 4.78 is 1.68. The molecule has 0 fully saturated rings. The summed E-state index contributed by atoms with van der Waals surface area (Å²) in [6, 6.07) is 13.7. The van der Waals surface area contributed by atoms with Crippen LogP contribution in [0.25, 0.3) is 0 Å². The third kappa shape index (κ3) is 4.62. The Morgan fingerprint density at radius 1 is 1.23 bits per heavy atom. The first-order chi connectivity index (χ1) is 12.5. The molecule has 0 saturated heterocycles. The molecule has 0 spiro atoms. The number of carbonyl (C=O) groups is 1. The number of amides is 1. The van der Waals surface area contributed by atoms with Gasteiger partial charge in [-0.25, -0.2) is 4.68 Å². The number of tetrazole rings is 1. The van der Waals surface area contributed by atoms with Crippen molar-refractivity contribution in [1.29, 1.82) is 0 Å². The second-order valence-electron chi connectivity index (χ2n) is 5.88. The molecular formula is C18H18ClN5OS. The summed E-state index contributed by atoms with van der Waals surface area (Å²) in [5, 5.41) is 15.7.